The molecule has 290 valence electrons. The Morgan fingerprint density at radius 2 is 1.49 bits per heavy atom. The Morgan fingerprint density at radius 3 is 2.25 bits per heavy atom. The number of anilines is 2. The fraction of sp³-hybridized carbons (Fsp3) is 0.372. The van der Waals surface area contributed by atoms with E-state index in [-0.39, 0.29) is 24.8 Å². The Labute approximate surface area is 329 Å². The molecular weight excluding hydrogens is 723 g/mol. The molecule has 1 aliphatic carbocycles. The van der Waals surface area contributed by atoms with Gasteiger partial charge in [0.15, 0.2) is 5.65 Å². The van der Waals surface area contributed by atoms with Crippen molar-refractivity contribution in [2.45, 2.75) is 75.5 Å². The van der Waals surface area contributed by atoms with E-state index in [4.69, 9.17) is 15.6 Å². The number of carbonyl (C=O) groups is 4. The highest BCUT2D eigenvalue weighted by Gasteiger charge is 2.46. The molecule has 14 heteroatoms. The largest absolute Gasteiger partial charge is 0.457 e. The van der Waals surface area contributed by atoms with Crippen molar-refractivity contribution in [3.8, 4) is 22.8 Å². The lowest BCUT2D eigenvalue weighted by atomic mass is 9.83. The predicted octanol–water partition coefficient (Wildman–Crippen LogP) is 5.35. The first kappa shape index (κ1) is 35.3. The lowest BCUT2D eigenvalue weighted by molar-refractivity contribution is -0.136. The van der Waals surface area contributed by atoms with Crippen LogP contribution in [0, 0.1) is 5.92 Å². The molecule has 3 aromatic carbocycles. The van der Waals surface area contributed by atoms with Gasteiger partial charge in [-0.15, -0.1) is 0 Å². The van der Waals surface area contributed by atoms with Crippen molar-refractivity contribution in [2.75, 3.05) is 30.3 Å². The summed E-state index contributed by atoms with van der Waals surface area (Å²) < 4.78 is 8.09. The van der Waals surface area contributed by atoms with E-state index in [1.165, 1.54) is 6.33 Å². The number of carbonyl (C=O) groups excluding carboxylic acids is 4. The normalized spacial score (nSPS) is 24.9. The van der Waals surface area contributed by atoms with Crippen LogP contribution in [0.2, 0.25) is 0 Å². The molecule has 7 heterocycles. The Balaban J connectivity index is 0.788. The quantitative estimate of drug-likeness (QED) is 0.195. The van der Waals surface area contributed by atoms with Crippen LogP contribution in [0.3, 0.4) is 0 Å². The molecule has 2 bridgehead atoms. The maximum absolute atomic E-state index is 13.5. The first-order chi connectivity index (χ1) is 27.8. The maximum Gasteiger partial charge on any atom is 0.262 e. The van der Waals surface area contributed by atoms with Gasteiger partial charge in [0, 0.05) is 49.4 Å². The molecule has 5 aromatic rings. The molecule has 0 spiro atoms. The summed E-state index contributed by atoms with van der Waals surface area (Å²) in [5.41, 5.74) is 10.5. The number of amides is 4. The number of piperazine rings is 1. The molecule has 1 saturated carbocycles. The van der Waals surface area contributed by atoms with E-state index in [0.717, 1.165) is 103 Å². The van der Waals surface area contributed by atoms with Crippen molar-refractivity contribution in [1.29, 1.82) is 0 Å². The number of piperidine rings is 3. The number of para-hydroxylation sites is 1. The van der Waals surface area contributed by atoms with Crippen LogP contribution in [0.5, 0.6) is 11.5 Å². The Bertz CT molecular complexity index is 2410. The molecule has 4 amide bonds. The Kier molecular flexibility index (Phi) is 8.73. The molecule has 6 aliphatic rings. The van der Waals surface area contributed by atoms with Crippen LogP contribution in [0.1, 0.15) is 78.1 Å². The predicted molar refractivity (Wildman–Crippen MR) is 212 cm³/mol. The number of benzene rings is 3. The minimum absolute atomic E-state index is 0.0970. The van der Waals surface area contributed by atoms with E-state index < -0.39 is 23.8 Å². The van der Waals surface area contributed by atoms with Crippen LogP contribution < -0.4 is 20.7 Å². The summed E-state index contributed by atoms with van der Waals surface area (Å²) in [5, 5.41) is 8.18. The fourth-order valence-corrected chi connectivity index (χ4v) is 9.75. The van der Waals surface area contributed by atoms with Crippen LogP contribution in [0.25, 0.3) is 22.3 Å². The van der Waals surface area contributed by atoms with Gasteiger partial charge in [0.2, 0.25) is 11.8 Å². The number of imide groups is 2. The zero-order chi connectivity index (χ0) is 38.8. The second-order valence-corrected chi connectivity index (χ2v) is 16.0. The molecule has 5 fully saturated rings. The number of aromatic nitrogens is 4. The van der Waals surface area contributed by atoms with Gasteiger partial charge in [-0.2, -0.15) is 5.10 Å². The highest BCUT2D eigenvalue weighted by atomic mass is 16.5. The Morgan fingerprint density at radius 1 is 0.754 bits per heavy atom. The molecule has 5 aliphatic heterocycles. The van der Waals surface area contributed by atoms with Gasteiger partial charge in [0.25, 0.3) is 11.8 Å². The molecule has 4 saturated heterocycles. The third-order valence-electron chi connectivity index (χ3n) is 12.7. The molecule has 57 heavy (non-hydrogen) atoms. The minimum atomic E-state index is -0.970. The number of fused-ring (bicyclic) bond motifs is 5. The average molecular weight is 766 g/mol. The lowest BCUT2D eigenvalue weighted by Gasteiger charge is -2.53. The van der Waals surface area contributed by atoms with Crippen molar-refractivity contribution in [3.05, 3.63) is 90.3 Å². The monoisotopic (exact) mass is 765 g/mol. The van der Waals surface area contributed by atoms with Crippen molar-refractivity contribution in [1.82, 2.24) is 34.9 Å². The van der Waals surface area contributed by atoms with Gasteiger partial charge in [0.05, 0.1) is 22.6 Å². The number of rotatable bonds is 8. The van der Waals surface area contributed by atoms with Gasteiger partial charge in [-0.1, -0.05) is 18.2 Å². The number of ether oxygens (including phenoxy) is 1. The summed E-state index contributed by atoms with van der Waals surface area (Å²) in [6, 6.07) is 23.0. The number of nitrogens with one attached hydrogen (secondary N) is 1. The number of nitrogens with zero attached hydrogens (tertiary/aromatic N) is 7. The van der Waals surface area contributed by atoms with Gasteiger partial charge in [-0.3, -0.25) is 34.3 Å². The van der Waals surface area contributed by atoms with Gasteiger partial charge in [-0.05, 0) is 105 Å². The van der Waals surface area contributed by atoms with Gasteiger partial charge in [-0.25, -0.2) is 14.6 Å². The van der Waals surface area contributed by atoms with Crippen LogP contribution in [0.4, 0.5) is 11.5 Å². The highest BCUT2D eigenvalue weighted by Crippen LogP contribution is 2.41. The Hall–Kier alpha value is -6.15. The molecule has 2 aromatic heterocycles. The van der Waals surface area contributed by atoms with Gasteiger partial charge in [0.1, 0.15) is 35.4 Å². The first-order valence-electron chi connectivity index (χ1n) is 20.0. The summed E-state index contributed by atoms with van der Waals surface area (Å²) in [7, 11) is 0. The number of hydrogen-bond donors (Lipinski definition) is 2. The van der Waals surface area contributed by atoms with E-state index in [0.29, 0.717) is 34.9 Å². The van der Waals surface area contributed by atoms with Crippen molar-refractivity contribution >= 4 is 46.2 Å². The first-order valence-corrected chi connectivity index (χ1v) is 20.0. The maximum atomic E-state index is 13.5. The molecule has 11 rings (SSSR count). The molecule has 0 radical (unpaired) electrons. The average Bonchev–Trinajstić information content (AvgIpc) is 3.74. The second-order valence-electron chi connectivity index (χ2n) is 16.0. The SMILES string of the molecule is Nc1ncnc2c1c(-c1ccc(Oc3ccccc3)cc1)nn2C1CCC(CN2CC3CCC2CN3c2ccc3c(c2)C(=O)N(C2CCC(=O)NC2=O)C3=O)CC1. The number of nitrogen functional groups attached to an aromatic ring is 1. The van der Waals surface area contributed by atoms with E-state index in [1.807, 2.05) is 66.7 Å². The molecular formula is C43H43N9O5. The van der Waals surface area contributed by atoms with Gasteiger partial charge < -0.3 is 15.4 Å². The molecule has 3 unspecified atom stereocenters. The van der Waals surface area contributed by atoms with E-state index >= 15 is 0 Å². The van der Waals surface area contributed by atoms with Crippen LogP contribution in [-0.2, 0) is 9.59 Å². The number of nitrogens with two attached hydrogens (primary N) is 1. The van der Waals surface area contributed by atoms with Crippen LogP contribution in [-0.4, -0.2) is 90.9 Å². The van der Waals surface area contributed by atoms with Crippen molar-refractivity contribution < 1.29 is 23.9 Å². The number of hydrogen-bond acceptors (Lipinski definition) is 11. The molecule has 3 atom stereocenters. The summed E-state index contributed by atoms with van der Waals surface area (Å²) in [6.07, 6.45) is 8.15. The summed E-state index contributed by atoms with van der Waals surface area (Å²) in [6.45, 7) is 2.87. The van der Waals surface area contributed by atoms with Crippen molar-refractivity contribution in [2.24, 2.45) is 5.92 Å². The van der Waals surface area contributed by atoms with Crippen LogP contribution >= 0.6 is 0 Å². The van der Waals surface area contributed by atoms with Crippen molar-refractivity contribution in [3.63, 3.8) is 0 Å². The molecule has 3 N–H and O–H groups in total. The lowest BCUT2D eigenvalue weighted by Crippen LogP contribution is -2.63. The third-order valence-corrected chi connectivity index (χ3v) is 12.7. The van der Waals surface area contributed by atoms with E-state index in [9.17, 15) is 19.2 Å². The highest BCUT2D eigenvalue weighted by molar-refractivity contribution is 6.23. The topological polar surface area (TPSA) is 169 Å². The van der Waals surface area contributed by atoms with Crippen LogP contribution in [0.15, 0.2) is 79.1 Å². The summed E-state index contributed by atoms with van der Waals surface area (Å²) in [4.78, 5) is 66.1. The smallest absolute Gasteiger partial charge is 0.262 e. The summed E-state index contributed by atoms with van der Waals surface area (Å²) in [5.74, 6) is 0.587. The zero-order valence-corrected chi connectivity index (χ0v) is 31.4. The molecule has 14 nitrogen and oxygen atoms in total. The fourth-order valence-electron chi connectivity index (χ4n) is 9.75. The van der Waals surface area contributed by atoms with E-state index in [1.54, 1.807) is 6.07 Å². The third kappa shape index (κ3) is 6.28. The van der Waals surface area contributed by atoms with E-state index in [2.05, 4.69) is 29.8 Å². The zero-order valence-electron chi connectivity index (χ0n) is 31.4. The van der Waals surface area contributed by atoms with Gasteiger partial charge >= 0.3 is 0 Å². The minimum Gasteiger partial charge on any atom is -0.457 e. The second kappa shape index (κ2) is 14.1. The summed E-state index contributed by atoms with van der Waals surface area (Å²) >= 11 is 0. The standard InChI is InChI=1S/C43H43N9O5/c44-39-37-38(26-8-15-32(16-9-26)57-31-4-2-1-3-5-31)48-52(40(37)46-24-45-39)27-10-6-25(7-11-27)21-49-22-30-13-12-29(49)23-50(30)28-14-17-33-34(20-28)43(56)51(42(33)55)35-18-19-36(53)47-41(35)54/h1-5,8-9,14-17,20,24-25,27,29-30,35H,6-7,10-13,18-19,21-23H2,(H2,44,45,46)(H,47,53,54).